The summed E-state index contributed by atoms with van der Waals surface area (Å²) < 4.78 is 0. The molecule has 3 rings (SSSR count). The van der Waals surface area contributed by atoms with Crippen LogP contribution in [0.3, 0.4) is 0 Å². The summed E-state index contributed by atoms with van der Waals surface area (Å²) in [6.45, 7) is 5.23. The van der Waals surface area contributed by atoms with E-state index in [1.54, 1.807) is 23.9 Å². The second-order valence-corrected chi connectivity index (χ2v) is 7.62. The highest BCUT2D eigenvalue weighted by Crippen LogP contribution is 2.33. The molecule has 1 unspecified atom stereocenters. The minimum atomic E-state index is 0.522. The van der Waals surface area contributed by atoms with E-state index in [-0.39, 0.29) is 0 Å². The van der Waals surface area contributed by atoms with Gasteiger partial charge in [-0.25, -0.2) is 9.97 Å². The van der Waals surface area contributed by atoms with Crippen LogP contribution in [0.25, 0.3) is 10.2 Å². The number of hydrogen-bond donors (Lipinski definition) is 1. The standard InChI is InChI=1S/C19H24N6S/c1-5-13(2)17-9-16-18(20-12-21-19(16)26-17)24-22-10-14-7-6-8-15(23-14)11-25(3)4/h6-10,12-13H,5,11H2,1-4H3,(H,20,21,24). The zero-order valence-electron chi connectivity index (χ0n) is 15.6. The largest absolute Gasteiger partial charge is 0.304 e. The topological polar surface area (TPSA) is 66.3 Å². The highest BCUT2D eigenvalue weighted by atomic mass is 32.1. The van der Waals surface area contributed by atoms with Gasteiger partial charge >= 0.3 is 0 Å². The maximum Gasteiger partial charge on any atom is 0.158 e. The lowest BCUT2D eigenvalue weighted by molar-refractivity contribution is 0.397. The van der Waals surface area contributed by atoms with Gasteiger partial charge in [0.1, 0.15) is 11.2 Å². The van der Waals surface area contributed by atoms with Crippen molar-refractivity contribution < 1.29 is 0 Å². The predicted octanol–water partition coefficient (Wildman–Crippen LogP) is 4.11. The summed E-state index contributed by atoms with van der Waals surface area (Å²) in [5.41, 5.74) is 4.87. The molecule has 3 heterocycles. The van der Waals surface area contributed by atoms with Crippen LogP contribution in [0.1, 0.15) is 42.5 Å². The SMILES string of the molecule is CCC(C)c1cc2c(NN=Cc3cccc(CN(C)C)n3)ncnc2s1. The lowest BCUT2D eigenvalue weighted by Crippen LogP contribution is -2.12. The summed E-state index contributed by atoms with van der Waals surface area (Å²) >= 11 is 1.72. The Morgan fingerprint density at radius 2 is 2.15 bits per heavy atom. The first-order chi connectivity index (χ1) is 12.6. The first-order valence-electron chi connectivity index (χ1n) is 8.71. The van der Waals surface area contributed by atoms with E-state index in [2.05, 4.69) is 50.3 Å². The molecule has 26 heavy (non-hydrogen) atoms. The van der Waals surface area contributed by atoms with Gasteiger partial charge < -0.3 is 4.90 Å². The number of hydrazone groups is 1. The fraction of sp³-hybridized carbons (Fsp3) is 0.368. The molecule has 0 amide bonds. The van der Waals surface area contributed by atoms with Gasteiger partial charge in [-0.15, -0.1) is 11.3 Å². The molecule has 0 spiro atoms. The molecule has 0 aliphatic heterocycles. The van der Waals surface area contributed by atoms with Crippen LogP contribution in [0.15, 0.2) is 35.7 Å². The molecular formula is C19H24N6S. The van der Waals surface area contributed by atoms with E-state index in [0.29, 0.717) is 5.92 Å². The molecule has 3 aromatic rings. The maximum atomic E-state index is 4.58. The molecule has 7 heteroatoms. The molecule has 0 aromatic carbocycles. The monoisotopic (exact) mass is 368 g/mol. The van der Waals surface area contributed by atoms with Crippen LogP contribution in [0.2, 0.25) is 0 Å². The van der Waals surface area contributed by atoms with Crippen molar-refractivity contribution >= 4 is 33.6 Å². The van der Waals surface area contributed by atoms with Crippen molar-refractivity contribution in [1.29, 1.82) is 0 Å². The van der Waals surface area contributed by atoms with Crippen LogP contribution >= 0.6 is 11.3 Å². The van der Waals surface area contributed by atoms with Gasteiger partial charge in [0.15, 0.2) is 5.82 Å². The number of nitrogens with zero attached hydrogens (tertiary/aromatic N) is 5. The van der Waals surface area contributed by atoms with Crippen molar-refractivity contribution in [2.45, 2.75) is 32.7 Å². The van der Waals surface area contributed by atoms with Gasteiger partial charge in [0.2, 0.25) is 0 Å². The fourth-order valence-corrected chi connectivity index (χ4v) is 3.68. The Morgan fingerprint density at radius 3 is 2.92 bits per heavy atom. The summed E-state index contributed by atoms with van der Waals surface area (Å²) in [4.78, 5) is 17.7. The van der Waals surface area contributed by atoms with E-state index >= 15 is 0 Å². The molecular weight excluding hydrogens is 344 g/mol. The molecule has 0 bridgehead atoms. The van der Waals surface area contributed by atoms with Crippen molar-refractivity contribution in [1.82, 2.24) is 19.9 Å². The van der Waals surface area contributed by atoms with Gasteiger partial charge in [0, 0.05) is 11.4 Å². The van der Waals surface area contributed by atoms with Crippen LogP contribution in [-0.2, 0) is 6.54 Å². The lowest BCUT2D eigenvalue weighted by atomic mass is 10.1. The maximum absolute atomic E-state index is 4.58. The van der Waals surface area contributed by atoms with Crippen LogP contribution in [0.5, 0.6) is 0 Å². The summed E-state index contributed by atoms with van der Waals surface area (Å²) in [6.07, 6.45) is 4.40. The number of hydrogen-bond acceptors (Lipinski definition) is 7. The Kier molecular flexibility index (Phi) is 5.90. The number of rotatable bonds is 7. The van der Waals surface area contributed by atoms with Crippen molar-refractivity contribution in [3.8, 4) is 0 Å². The molecule has 0 aliphatic rings. The first kappa shape index (κ1) is 18.4. The second-order valence-electron chi connectivity index (χ2n) is 6.56. The third-order valence-electron chi connectivity index (χ3n) is 4.12. The Labute approximate surface area is 158 Å². The number of aromatic nitrogens is 3. The van der Waals surface area contributed by atoms with Crippen LogP contribution in [-0.4, -0.2) is 40.2 Å². The minimum Gasteiger partial charge on any atom is -0.304 e. The number of pyridine rings is 1. The Morgan fingerprint density at radius 1 is 1.31 bits per heavy atom. The highest BCUT2D eigenvalue weighted by molar-refractivity contribution is 7.18. The molecule has 136 valence electrons. The van der Waals surface area contributed by atoms with E-state index < -0.39 is 0 Å². The quantitative estimate of drug-likeness (QED) is 0.502. The van der Waals surface area contributed by atoms with Crippen molar-refractivity contribution in [3.05, 3.63) is 46.9 Å². The first-order valence-corrected chi connectivity index (χ1v) is 9.52. The Hall–Kier alpha value is -2.38. The normalized spacial score (nSPS) is 13.0. The van der Waals surface area contributed by atoms with Gasteiger partial charge in [-0.2, -0.15) is 5.10 Å². The summed E-state index contributed by atoms with van der Waals surface area (Å²) in [5, 5.41) is 5.33. The van der Waals surface area contributed by atoms with Crippen LogP contribution < -0.4 is 5.43 Å². The lowest BCUT2D eigenvalue weighted by Gasteiger charge is -2.08. The summed E-state index contributed by atoms with van der Waals surface area (Å²) in [6, 6.07) is 8.11. The van der Waals surface area contributed by atoms with E-state index in [1.807, 2.05) is 32.3 Å². The van der Waals surface area contributed by atoms with Gasteiger partial charge in [-0.1, -0.05) is 19.9 Å². The van der Waals surface area contributed by atoms with E-state index in [1.165, 1.54) is 4.88 Å². The average molecular weight is 369 g/mol. The molecule has 1 N–H and O–H groups in total. The third kappa shape index (κ3) is 4.42. The van der Waals surface area contributed by atoms with Crippen LogP contribution in [0, 0.1) is 0 Å². The molecule has 0 fully saturated rings. The molecule has 6 nitrogen and oxygen atoms in total. The van der Waals surface area contributed by atoms with Crippen LogP contribution in [0.4, 0.5) is 5.82 Å². The zero-order valence-corrected chi connectivity index (χ0v) is 16.4. The zero-order chi connectivity index (χ0) is 18.5. The number of anilines is 1. The second kappa shape index (κ2) is 8.33. The number of thiophene rings is 1. The Balaban J connectivity index is 1.77. The van der Waals surface area contributed by atoms with E-state index in [9.17, 15) is 0 Å². The molecule has 0 saturated heterocycles. The van der Waals surface area contributed by atoms with E-state index in [4.69, 9.17) is 0 Å². The molecule has 0 saturated carbocycles. The predicted molar refractivity (Wildman–Crippen MR) is 109 cm³/mol. The Bertz CT molecular complexity index is 902. The molecule has 3 aromatic heterocycles. The van der Waals surface area contributed by atoms with Crippen molar-refractivity contribution in [2.24, 2.45) is 5.10 Å². The van der Waals surface area contributed by atoms with Gasteiger partial charge in [-0.05, 0) is 44.6 Å². The van der Waals surface area contributed by atoms with Crippen molar-refractivity contribution in [3.63, 3.8) is 0 Å². The summed E-state index contributed by atoms with van der Waals surface area (Å²) in [7, 11) is 4.05. The van der Waals surface area contributed by atoms with Gasteiger partial charge in [0.25, 0.3) is 0 Å². The number of fused-ring (bicyclic) bond motifs is 1. The minimum absolute atomic E-state index is 0.522. The van der Waals surface area contributed by atoms with Gasteiger partial charge in [0.05, 0.1) is 23.0 Å². The molecule has 1 atom stereocenters. The van der Waals surface area contributed by atoms with E-state index in [0.717, 1.165) is 40.4 Å². The third-order valence-corrected chi connectivity index (χ3v) is 5.39. The molecule has 0 radical (unpaired) electrons. The number of nitrogens with one attached hydrogen (secondary N) is 1. The molecule has 0 aliphatic carbocycles. The van der Waals surface area contributed by atoms with Gasteiger partial charge in [-0.3, -0.25) is 10.4 Å². The smallest absolute Gasteiger partial charge is 0.158 e. The fourth-order valence-electron chi connectivity index (χ4n) is 2.55. The van der Waals surface area contributed by atoms with Crippen molar-refractivity contribution in [2.75, 3.05) is 19.5 Å². The highest BCUT2D eigenvalue weighted by Gasteiger charge is 2.12. The average Bonchev–Trinajstić information content (AvgIpc) is 3.06. The summed E-state index contributed by atoms with van der Waals surface area (Å²) in [5.74, 6) is 1.25.